The van der Waals surface area contributed by atoms with Gasteiger partial charge in [-0.25, -0.2) is 4.98 Å². The van der Waals surface area contributed by atoms with Crippen molar-refractivity contribution in [2.75, 3.05) is 11.1 Å². The third-order valence-electron chi connectivity index (χ3n) is 4.04. The zero-order valence-corrected chi connectivity index (χ0v) is 17.7. The number of nitriles is 1. The number of halogens is 2. The molecule has 1 aromatic heterocycles. The van der Waals surface area contributed by atoms with Crippen LogP contribution in [-0.2, 0) is 11.3 Å². The van der Waals surface area contributed by atoms with Gasteiger partial charge in [0, 0.05) is 17.3 Å². The second-order valence-corrected chi connectivity index (χ2v) is 7.94. The predicted molar refractivity (Wildman–Crippen MR) is 117 cm³/mol. The summed E-state index contributed by atoms with van der Waals surface area (Å²) in [6, 6.07) is 11.6. The fraction of sp³-hybridized carbons (Fsp3) is 0.200. The van der Waals surface area contributed by atoms with Crippen molar-refractivity contribution < 1.29 is 4.79 Å². The summed E-state index contributed by atoms with van der Waals surface area (Å²) >= 11 is 13.2. The lowest BCUT2D eigenvalue weighted by Gasteiger charge is -2.12. The Kier molecular flexibility index (Phi) is 6.80. The zero-order chi connectivity index (χ0) is 21.0. The lowest BCUT2D eigenvalue weighted by Crippen LogP contribution is -2.24. The van der Waals surface area contributed by atoms with Gasteiger partial charge >= 0.3 is 0 Å². The van der Waals surface area contributed by atoms with Crippen LogP contribution in [-0.4, -0.2) is 21.2 Å². The second-order valence-electron chi connectivity index (χ2n) is 6.16. The first kappa shape index (κ1) is 21.2. The van der Waals surface area contributed by atoms with Gasteiger partial charge < -0.3 is 5.32 Å². The van der Waals surface area contributed by atoms with Crippen LogP contribution in [0.5, 0.6) is 0 Å². The van der Waals surface area contributed by atoms with Gasteiger partial charge in [-0.3, -0.25) is 14.2 Å². The van der Waals surface area contributed by atoms with Crippen molar-refractivity contribution in [3.8, 4) is 6.07 Å². The molecule has 0 unspecified atom stereocenters. The Balaban J connectivity index is 1.81. The summed E-state index contributed by atoms with van der Waals surface area (Å²) in [5.74, 6) is -0.223. The van der Waals surface area contributed by atoms with Gasteiger partial charge in [-0.05, 0) is 42.8 Å². The number of carbonyl (C=O) groups excluding carboxylic acids is 1. The van der Waals surface area contributed by atoms with Crippen LogP contribution >= 0.6 is 35.0 Å². The number of nitrogens with one attached hydrogen (secondary N) is 1. The highest BCUT2D eigenvalue weighted by molar-refractivity contribution is 7.99. The van der Waals surface area contributed by atoms with E-state index in [1.165, 1.54) is 17.8 Å². The number of carbonyl (C=O) groups is 1. The fourth-order valence-corrected chi connectivity index (χ4v) is 3.93. The Morgan fingerprint density at radius 1 is 1.28 bits per heavy atom. The molecule has 148 valence electrons. The van der Waals surface area contributed by atoms with Gasteiger partial charge in [-0.1, -0.05) is 41.9 Å². The summed E-state index contributed by atoms with van der Waals surface area (Å²) < 4.78 is 1.58. The van der Waals surface area contributed by atoms with Crippen LogP contribution in [0.3, 0.4) is 0 Å². The molecule has 0 spiro atoms. The molecule has 0 aliphatic carbocycles. The molecule has 0 aliphatic rings. The van der Waals surface area contributed by atoms with Crippen LogP contribution < -0.4 is 10.9 Å². The molecule has 0 aliphatic heterocycles. The molecule has 6 nitrogen and oxygen atoms in total. The Morgan fingerprint density at radius 2 is 2.07 bits per heavy atom. The standard InChI is InChI=1S/C20H16Cl2N4O2S/c1-2-7-26-19(28)15-6-4-13(21)8-17(15)25-20(26)29-11-18(27)24-14-5-3-12(10-23)16(22)9-14/h3-6,8-9H,2,7,11H2,1H3,(H,24,27). The van der Waals surface area contributed by atoms with Crippen molar-refractivity contribution in [2.45, 2.75) is 25.0 Å². The topological polar surface area (TPSA) is 87.8 Å². The van der Waals surface area contributed by atoms with Crippen molar-refractivity contribution in [3.63, 3.8) is 0 Å². The van der Waals surface area contributed by atoms with E-state index in [2.05, 4.69) is 10.3 Å². The van der Waals surface area contributed by atoms with Crippen molar-refractivity contribution in [2.24, 2.45) is 0 Å². The molecule has 1 N–H and O–H groups in total. The molecule has 3 aromatic rings. The molecule has 0 fully saturated rings. The van der Waals surface area contributed by atoms with Crippen LogP contribution in [0.15, 0.2) is 46.3 Å². The van der Waals surface area contributed by atoms with Gasteiger partial charge in [0.05, 0.1) is 27.2 Å². The number of rotatable bonds is 6. The summed E-state index contributed by atoms with van der Waals surface area (Å²) in [5.41, 5.74) is 1.16. The molecule has 0 saturated carbocycles. The van der Waals surface area contributed by atoms with E-state index in [0.29, 0.717) is 38.9 Å². The van der Waals surface area contributed by atoms with E-state index < -0.39 is 0 Å². The van der Waals surface area contributed by atoms with Crippen molar-refractivity contribution in [1.82, 2.24) is 9.55 Å². The number of thioether (sulfide) groups is 1. The van der Waals surface area contributed by atoms with Crippen molar-refractivity contribution >= 4 is 57.5 Å². The maximum atomic E-state index is 12.8. The number of fused-ring (bicyclic) bond motifs is 1. The molecule has 0 atom stereocenters. The van der Waals surface area contributed by atoms with Gasteiger partial charge in [0.2, 0.25) is 5.91 Å². The molecule has 3 rings (SSSR count). The van der Waals surface area contributed by atoms with Crippen LogP contribution in [0.2, 0.25) is 10.0 Å². The second kappa shape index (κ2) is 9.31. The molecule has 9 heteroatoms. The van der Waals surface area contributed by atoms with E-state index in [1.807, 2.05) is 13.0 Å². The van der Waals surface area contributed by atoms with E-state index in [-0.39, 0.29) is 22.2 Å². The van der Waals surface area contributed by atoms with Crippen LogP contribution in [0.4, 0.5) is 5.69 Å². The molecule has 1 heterocycles. The Morgan fingerprint density at radius 3 is 2.76 bits per heavy atom. The largest absolute Gasteiger partial charge is 0.325 e. The van der Waals surface area contributed by atoms with Crippen molar-refractivity contribution in [3.05, 3.63) is 62.4 Å². The zero-order valence-electron chi connectivity index (χ0n) is 15.4. The number of aromatic nitrogens is 2. The minimum atomic E-state index is -0.278. The van der Waals surface area contributed by atoms with E-state index in [4.69, 9.17) is 28.5 Å². The molecular weight excluding hydrogens is 431 g/mol. The highest BCUT2D eigenvalue weighted by Gasteiger charge is 2.14. The first-order valence-electron chi connectivity index (χ1n) is 8.75. The van der Waals surface area contributed by atoms with E-state index >= 15 is 0 Å². The number of hydrogen-bond donors (Lipinski definition) is 1. The first-order valence-corrected chi connectivity index (χ1v) is 10.5. The highest BCUT2D eigenvalue weighted by Crippen LogP contribution is 2.23. The lowest BCUT2D eigenvalue weighted by molar-refractivity contribution is -0.113. The summed E-state index contributed by atoms with van der Waals surface area (Å²) in [6.45, 7) is 2.47. The average molecular weight is 447 g/mol. The molecule has 2 aromatic carbocycles. The Labute approximate surface area is 181 Å². The number of amides is 1. The number of benzene rings is 2. The SMILES string of the molecule is CCCn1c(SCC(=O)Nc2ccc(C#N)c(Cl)c2)nc2cc(Cl)ccc2c1=O. The normalized spacial score (nSPS) is 10.7. The van der Waals surface area contributed by atoms with E-state index in [1.54, 1.807) is 34.9 Å². The third-order valence-corrected chi connectivity index (χ3v) is 5.56. The average Bonchev–Trinajstić information content (AvgIpc) is 2.69. The van der Waals surface area contributed by atoms with Gasteiger partial charge in [0.15, 0.2) is 5.16 Å². The van der Waals surface area contributed by atoms with Gasteiger partial charge in [-0.2, -0.15) is 5.26 Å². The number of nitrogens with zero attached hydrogens (tertiary/aromatic N) is 3. The van der Waals surface area contributed by atoms with E-state index in [0.717, 1.165) is 6.42 Å². The summed E-state index contributed by atoms with van der Waals surface area (Å²) in [4.78, 5) is 29.7. The fourth-order valence-electron chi connectivity index (χ4n) is 2.72. The van der Waals surface area contributed by atoms with Gasteiger partial charge in [-0.15, -0.1) is 0 Å². The van der Waals surface area contributed by atoms with Crippen LogP contribution in [0, 0.1) is 11.3 Å². The maximum absolute atomic E-state index is 12.8. The minimum Gasteiger partial charge on any atom is -0.325 e. The van der Waals surface area contributed by atoms with Crippen molar-refractivity contribution in [1.29, 1.82) is 5.26 Å². The summed E-state index contributed by atoms with van der Waals surface area (Å²) in [5, 5.41) is 13.3. The molecule has 0 radical (unpaired) electrons. The molecule has 29 heavy (non-hydrogen) atoms. The Hall–Kier alpha value is -2.53. The quantitative estimate of drug-likeness (QED) is 0.437. The van der Waals surface area contributed by atoms with Gasteiger partial charge in [0.25, 0.3) is 5.56 Å². The predicted octanol–water partition coefficient (Wildman–Crippen LogP) is 4.72. The molecular formula is C20H16Cl2N4O2S. The lowest BCUT2D eigenvalue weighted by atomic mass is 10.2. The molecule has 0 saturated heterocycles. The van der Waals surface area contributed by atoms with E-state index in [9.17, 15) is 9.59 Å². The highest BCUT2D eigenvalue weighted by atomic mass is 35.5. The summed E-state index contributed by atoms with van der Waals surface area (Å²) in [6.07, 6.45) is 0.754. The monoisotopic (exact) mass is 446 g/mol. The third kappa shape index (κ3) is 4.91. The molecule has 1 amide bonds. The van der Waals surface area contributed by atoms with Crippen LogP contribution in [0.25, 0.3) is 10.9 Å². The summed E-state index contributed by atoms with van der Waals surface area (Å²) in [7, 11) is 0. The first-order chi connectivity index (χ1) is 13.9. The Bertz CT molecular complexity index is 1190. The number of anilines is 1. The maximum Gasteiger partial charge on any atom is 0.262 e. The van der Waals surface area contributed by atoms with Crippen LogP contribution in [0.1, 0.15) is 18.9 Å². The smallest absolute Gasteiger partial charge is 0.262 e. The molecule has 0 bridgehead atoms. The van der Waals surface area contributed by atoms with Gasteiger partial charge in [0.1, 0.15) is 6.07 Å². The minimum absolute atomic E-state index is 0.0554. The number of hydrogen-bond acceptors (Lipinski definition) is 5.